The molecular weight excluding hydrogens is 484 g/mol. The van der Waals surface area contributed by atoms with Crippen LogP contribution in [0.4, 0.5) is 29.9 Å². The molecule has 0 radical (unpaired) electrons. The molecule has 2 aromatic rings. The number of halogens is 2. The van der Waals surface area contributed by atoms with Crippen LogP contribution in [-0.4, -0.2) is 73.0 Å². The molecule has 5 heterocycles. The lowest BCUT2D eigenvalue weighted by atomic mass is 9.66. The number of amides is 5. The molecular formula is C22H21F2N5O7. The third-order valence-electron chi connectivity index (χ3n) is 7.30. The van der Waals surface area contributed by atoms with Crippen LogP contribution in [0.3, 0.4) is 0 Å². The average molecular weight is 505 g/mol. The van der Waals surface area contributed by atoms with E-state index in [1.807, 2.05) is 0 Å². The van der Waals surface area contributed by atoms with Gasteiger partial charge >= 0.3 is 12.1 Å². The van der Waals surface area contributed by atoms with Crippen LogP contribution < -0.4 is 20.4 Å². The molecule has 1 spiro atoms. The third kappa shape index (κ3) is 2.90. The number of hydrogen-bond acceptors (Lipinski definition) is 9. The largest absolute Gasteiger partial charge is 0.441 e. The Bertz CT molecular complexity index is 1310. The Morgan fingerprint density at radius 1 is 1.14 bits per heavy atom. The predicted octanol–water partition coefficient (Wildman–Crippen LogP) is 1.31. The van der Waals surface area contributed by atoms with Gasteiger partial charge in [-0.05, 0) is 31.9 Å². The summed E-state index contributed by atoms with van der Waals surface area (Å²) in [6.45, 7) is 2.22. The molecule has 0 saturated carbocycles. The number of aromatic nitrogens is 1. The maximum Gasteiger partial charge on any atom is 0.416 e. The van der Waals surface area contributed by atoms with E-state index in [-0.39, 0.29) is 24.4 Å². The fourth-order valence-corrected chi connectivity index (χ4v) is 5.76. The van der Waals surface area contributed by atoms with E-state index in [9.17, 15) is 23.6 Å². The third-order valence-corrected chi connectivity index (χ3v) is 7.30. The second kappa shape index (κ2) is 7.59. The number of hydrogen-bond donors (Lipinski definition) is 2. The molecule has 4 aliphatic heterocycles. The first-order valence-electron chi connectivity index (χ1n) is 11.4. The number of barbiturate groups is 1. The Kier molecular flexibility index (Phi) is 4.78. The Morgan fingerprint density at radius 2 is 1.86 bits per heavy atom. The first kappa shape index (κ1) is 22.6. The number of carbonyl (C=O) groups excluding carboxylic acids is 4. The van der Waals surface area contributed by atoms with Crippen molar-refractivity contribution in [2.75, 3.05) is 23.0 Å². The van der Waals surface area contributed by atoms with Gasteiger partial charge in [0.2, 0.25) is 11.8 Å². The maximum atomic E-state index is 15.7. The van der Waals surface area contributed by atoms with Crippen LogP contribution in [0, 0.1) is 5.41 Å². The Balaban J connectivity index is 1.53. The molecule has 1 aromatic heterocycles. The Hall–Kier alpha value is -3.81. The summed E-state index contributed by atoms with van der Waals surface area (Å²) in [7, 11) is 0. The van der Waals surface area contributed by atoms with E-state index >= 15 is 4.39 Å². The van der Waals surface area contributed by atoms with Crippen molar-refractivity contribution in [3.63, 3.8) is 0 Å². The number of fused-ring (bicyclic) bond motifs is 5. The summed E-state index contributed by atoms with van der Waals surface area (Å²) >= 11 is 0. The van der Waals surface area contributed by atoms with E-state index in [4.69, 9.17) is 14.0 Å². The molecule has 12 nitrogen and oxygen atoms in total. The summed E-state index contributed by atoms with van der Waals surface area (Å²) in [5, 5.41) is 8.55. The highest BCUT2D eigenvalue weighted by Gasteiger charge is 2.64. The molecule has 0 aliphatic carbocycles. The van der Waals surface area contributed by atoms with Crippen LogP contribution in [0.5, 0.6) is 0 Å². The first-order valence-corrected chi connectivity index (χ1v) is 11.4. The summed E-state index contributed by atoms with van der Waals surface area (Å²) < 4.78 is 45.0. The first-order chi connectivity index (χ1) is 17.1. The van der Waals surface area contributed by atoms with Gasteiger partial charge in [-0.1, -0.05) is 5.16 Å². The van der Waals surface area contributed by atoms with E-state index in [0.717, 1.165) is 4.90 Å². The standard InChI is InChI=1S/C22H21F2N5O7/c1-8-15-22(18(30)25-20(32)26-19(22)31)5-10-3-12-14(4-13(10)29(15)16(24)9(2)34-8)36-27-17(12)28-7-11(6-23)35-21(28)33/h3-4,8-9,11,15-16H,5-7H2,1-2H3,(H2,25,26,30,31,32)/t8-,9+,11-,15+,16?/m0/s1. The van der Waals surface area contributed by atoms with E-state index < -0.39 is 66.7 Å². The van der Waals surface area contributed by atoms with Crippen molar-refractivity contribution >= 4 is 46.4 Å². The minimum Gasteiger partial charge on any atom is -0.441 e. The van der Waals surface area contributed by atoms with Gasteiger partial charge < -0.3 is 18.9 Å². The number of morpholine rings is 1. The average Bonchev–Trinajstić information content (AvgIpc) is 3.41. The molecule has 190 valence electrons. The molecule has 14 heteroatoms. The number of anilines is 2. The number of rotatable bonds is 2. The fraction of sp³-hybridized carbons (Fsp3) is 0.500. The molecule has 0 bridgehead atoms. The quantitative estimate of drug-likeness (QED) is 0.456. The SMILES string of the molecule is C[C@@H]1O[C@H](C)C(F)N2c3cc4onc(N5C[C@H](CF)OC5=O)c4cc3CC3(C(=O)NC(=O)NC3=O)[C@@H]12. The van der Waals surface area contributed by atoms with Gasteiger partial charge in [0.15, 0.2) is 23.1 Å². The zero-order valence-corrected chi connectivity index (χ0v) is 19.1. The van der Waals surface area contributed by atoms with Crippen LogP contribution in [0.15, 0.2) is 16.7 Å². The van der Waals surface area contributed by atoms with Gasteiger partial charge in [-0.2, -0.15) is 0 Å². The Labute approximate surface area is 201 Å². The summed E-state index contributed by atoms with van der Waals surface area (Å²) in [5.41, 5.74) is -0.927. The summed E-state index contributed by atoms with van der Waals surface area (Å²) in [6.07, 6.45) is -5.34. The molecule has 1 aromatic carbocycles. The molecule has 3 saturated heterocycles. The van der Waals surface area contributed by atoms with Crippen LogP contribution in [0.2, 0.25) is 0 Å². The molecule has 5 atom stereocenters. The number of urea groups is 1. The predicted molar refractivity (Wildman–Crippen MR) is 117 cm³/mol. The van der Waals surface area contributed by atoms with Crippen LogP contribution in [0.25, 0.3) is 11.0 Å². The van der Waals surface area contributed by atoms with Crippen molar-refractivity contribution in [1.29, 1.82) is 0 Å². The zero-order chi connectivity index (χ0) is 25.5. The number of nitrogens with zero attached hydrogens (tertiary/aromatic N) is 3. The molecule has 5 amide bonds. The van der Waals surface area contributed by atoms with Crippen molar-refractivity contribution in [3.05, 3.63) is 17.7 Å². The van der Waals surface area contributed by atoms with Crippen molar-refractivity contribution < 1.29 is 42.0 Å². The molecule has 4 aliphatic rings. The minimum absolute atomic E-state index is 0.0677. The van der Waals surface area contributed by atoms with E-state index in [1.165, 1.54) is 17.9 Å². The molecule has 2 N–H and O–H groups in total. The van der Waals surface area contributed by atoms with Gasteiger partial charge in [0.25, 0.3) is 0 Å². The van der Waals surface area contributed by atoms with E-state index in [0.29, 0.717) is 16.6 Å². The lowest BCUT2D eigenvalue weighted by molar-refractivity contribution is -0.159. The highest BCUT2D eigenvalue weighted by atomic mass is 19.1. The normalized spacial score (nSPS) is 31.3. The lowest BCUT2D eigenvalue weighted by Crippen LogP contribution is -2.76. The second-order valence-corrected chi connectivity index (χ2v) is 9.41. The molecule has 3 fully saturated rings. The highest BCUT2D eigenvalue weighted by Crippen LogP contribution is 2.50. The van der Waals surface area contributed by atoms with Crippen molar-refractivity contribution in [3.8, 4) is 0 Å². The number of cyclic esters (lactones) is 1. The zero-order valence-electron chi connectivity index (χ0n) is 19.1. The topological polar surface area (TPSA) is 143 Å². The number of imide groups is 2. The second-order valence-electron chi connectivity index (χ2n) is 9.41. The van der Waals surface area contributed by atoms with Crippen LogP contribution in [-0.2, 0) is 25.5 Å². The molecule has 6 rings (SSSR count). The Morgan fingerprint density at radius 3 is 2.53 bits per heavy atom. The smallest absolute Gasteiger partial charge is 0.416 e. The van der Waals surface area contributed by atoms with Crippen LogP contribution >= 0.6 is 0 Å². The molecule has 1 unspecified atom stereocenters. The van der Waals surface area contributed by atoms with Crippen LogP contribution in [0.1, 0.15) is 19.4 Å². The van der Waals surface area contributed by atoms with Gasteiger partial charge in [-0.3, -0.25) is 25.1 Å². The number of ether oxygens (including phenoxy) is 2. The van der Waals surface area contributed by atoms with Crippen molar-refractivity contribution in [2.24, 2.45) is 5.41 Å². The van der Waals surface area contributed by atoms with Gasteiger partial charge in [0.05, 0.1) is 24.1 Å². The maximum absolute atomic E-state index is 15.7. The highest BCUT2D eigenvalue weighted by molar-refractivity contribution is 6.20. The number of benzene rings is 1. The van der Waals surface area contributed by atoms with Gasteiger partial charge in [-0.25, -0.2) is 18.4 Å². The number of carbonyl (C=O) groups is 4. The van der Waals surface area contributed by atoms with E-state index in [2.05, 4.69) is 15.8 Å². The van der Waals surface area contributed by atoms with Crippen molar-refractivity contribution in [1.82, 2.24) is 15.8 Å². The summed E-state index contributed by atoms with van der Waals surface area (Å²) in [5.74, 6) is -1.67. The van der Waals surface area contributed by atoms with Crippen molar-refractivity contribution in [2.45, 2.75) is 50.9 Å². The fourth-order valence-electron chi connectivity index (χ4n) is 5.76. The number of nitrogens with one attached hydrogen (secondary N) is 2. The van der Waals surface area contributed by atoms with Gasteiger partial charge in [0.1, 0.15) is 18.9 Å². The lowest BCUT2D eigenvalue weighted by Gasteiger charge is -2.56. The summed E-state index contributed by atoms with van der Waals surface area (Å²) in [6, 6.07) is 1.03. The number of alkyl halides is 2. The monoisotopic (exact) mass is 505 g/mol. The van der Waals surface area contributed by atoms with Gasteiger partial charge in [0, 0.05) is 11.8 Å². The summed E-state index contributed by atoms with van der Waals surface area (Å²) in [4.78, 5) is 53.1. The minimum atomic E-state index is -1.89. The van der Waals surface area contributed by atoms with Gasteiger partial charge in [-0.15, -0.1) is 0 Å². The van der Waals surface area contributed by atoms with E-state index in [1.54, 1.807) is 13.0 Å². The molecule has 36 heavy (non-hydrogen) atoms.